The van der Waals surface area contributed by atoms with Gasteiger partial charge in [0, 0.05) is 12.6 Å². The van der Waals surface area contributed by atoms with Crippen LogP contribution in [-0.4, -0.2) is 32.9 Å². The van der Waals surface area contributed by atoms with Crippen LogP contribution in [0.5, 0.6) is 0 Å². The van der Waals surface area contributed by atoms with Gasteiger partial charge >= 0.3 is 0 Å². The van der Waals surface area contributed by atoms with Crippen molar-refractivity contribution >= 4 is 33.4 Å². The summed E-state index contributed by atoms with van der Waals surface area (Å²) in [6.45, 7) is 7.10. The molecular formula is C27H33N3O2S. The Bertz CT molecular complexity index is 1180. The maximum absolute atomic E-state index is 13.9. The molecule has 6 heteroatoms. The molecule has 1 aromatic carbocycles. The molecular weight excluding hydrogens is 430 g/mol. The number of carbonyl (C=O) groups excluding carboxylic acids is 2. The van der Waals surface area contributed by atoms with Crippen molar-refractivity contribution in [2.45, 2.75) is 77.5 Å². The zero-order valence-electron chi connectivity index (χ0n) is 19.8. The zero-order valence-corrected chi connectivity index (χ0v) is 20.6. The number of hydrogen-bond acceptors (Lipinski definition) is 3. The lowest BCUT2D eigenvalue weighted by atomic mass is 9.82. The van der Waals surface area contributed by atoms with Gasteiger partial charge in [-0.05, 0) is 55.7 Å². The predicted molar refractivity (Wildman–Crippen MR) is 133 cm³/mol. The summed E-state index contributed by atoms with van der Waals surface area (Å²) in [4.78, 5) is 29.6. The normalized spacial score (nSPS) is 25.3. The minimum atomic E-state index is -0.960. The summed E-state index contributed by atoms with van der Waals surface area (Å²) in [5.41, 5.74) is 2.98. The van der Waals surface area contributed by atoms with Crippen LogP contribution in [0.3, 0.4) is 0 Å². The molecule has 3 aromatic rings. The summed E-state index contributed by atoms with van der Waals surface area (Å²) in [5, 5.41) is 5.44. The Morgan fingerprint density at radius 2 is 1.94 bits per heavy atom. The lowest BCUT2D eigenvalue weighted by Crippen LogP contribution is -2.65. The SMILES string of the molecule is CCC1CCCCC1NC(=O)C1(C)Cn2c(cc3sccc32)C(=O)N1Cc1ccc(C)cc1. The smallest absolute Gasteiger partial charge is 0.271 e. The summed E-state index contributed by atoms with van der Waals surface area (Å²) in [5.74, 6) is 0.413. The van der Waals surface area contributed by atoms with Crippen molar-refractivity contribution < 1.29 is 9.59 Å². The Balaban J connectivity index is 1.52. The van der Waals surface area contributed by atoms with E-state index in [0.29, 0.717) is 24.7 Å². The number of hydrogen-bond donors (Lipinski definition) is 1. The van der Waals surface area contributed by atoms with Gasteiger partial charge in [-0.1, -0.05) is 56.0 Å². The molecule has 0 bridgehead atoms. The van der Waals surface area contributed by atoms with E-state index in [9.17, 15) is 9.59 Å². The monoisotopic (exact) mass is 463 g/mol. The molecule has 3 heterocycles. The summed E-state index contributed by atoms with van der Waals surface area (Å²) in [6.07, 6.45) is 5.66. The molecule has 2 aliphatic rings. The Kier molecular flexibility index (Phi) is 5.81. The maximum atomic E-state index is 13.9. The highest BCUT2D eigenvalue weighted by atomic mass is 32.1. The second kappa shape index (κ2) is 8.64. The van der Waals surface area contributed by atoms with Crippen LogP contribution >= 0.6 is 11.3 Å². The van der Waals surface area contributed by atoms with Gasteiger partial charge in [0.05, 0.1) is 16.8 Å². The first-order chi connectivity index (χ1) is 15.9. The number of benzene rings is 1. The van der Waals surface area contributed by atoms with Crippen molar-refractivity contribution in [1.82, 2.24) is 14.8 Å². The maximum Gasteiger partial charge on any atom is 0.271 e. The van der Waals surface area contributed by atoms with E-state index in [0.717, 1.165) is 35.0 Å². The lowest BCUT2D eigenvalue weighted by Gasteiger charge is -2.45. The molecule has 1 aliphatic heterocycles. The van der Waals surface area contributed by atoms with Crippen LogP contribution < -0.4 is 5.32 Å². The number of thiophene rings is 1. The topological polar surface area (TPSA) is 54.3 Å². The van der Waals surface area contributed by atoms with Crippen molar-refractivity contribution in [3.05, 3.63) is 58.6 Å². The van der Waals surface area contributed by atoms with E-state index in [1.54, 1.807) is 16.2 Å². The molecule has 3 unspecified atom stereocenters. The number of aryl methyl sites for hydroxylation is 1. The molecule has 1 aliphatic carbocycles. The average Bonchev–Trinajstić information content (AvgIpc) is 3.41. The van der Waals surface area contributed by atoms with E-state index in [2.05, 4.69) is 54.1 Å². The first-order valence-electron chi connectivity index (χ1n) is 12.2. The molecule has 33 heavy (non-hydrogen) atoms. The summed E-state index contributed by atoms with van der Waals surface area (Å²) >= 11 is 1.64. The standard InChI is InChI=1S/C27H33N3O2S/c1-4-20-7-5-6-8-21(20)28-26(32)27(3)17-29-22-13-14-33-24(22)15-23(29)25(31)30(27)16-19-11-9-18(2)10-12-19/h9-15,20-21H,4-8,16-17H2,1-3H3,(H,28,32). The highest BCUT2D eigenvalue weighted by molar-refractivity contribution is 7.17. The first kappa shape index (κ1) is 22.2. The predicted octanol–water partition coefficient (Wildman–Crippen LogP) is 5.51. The van der Waals surface area contributed by atoms with Gasteiger partial charge in [-0.15, -0.1) is 11.3 Å². The zero-order chi connectivity index (χ0) is 23.2. The molecule has 1 N–H and O–H groups in total. The third kappa shape index (κ3) is 3.88. The summed E-state index contributed by atoms with van der Waals surface area (Å²) in [7, 11) is 0. The van der Waals surface area contributed by atoms with Gasteiger partial charge in [0.15, 0.2) is 0 Å². The summed E-state index contributed by atoms with van der Waals surface area (Å²) < 4.78 is 3.15. The van der Waals surface area contributed by atoms with E-state index in [1.165, 1.54) is 18.4 Å². The number of nitrogens with zero attached hydrogens (tertiary/aromatic N) is 2. The summed E-state index contributed by atoms with van der Waals surface area (Å²) in [6, 6.07) is 12.5. The molecule has 0 radical (unpaired) electrons. The van der Waals surface area contributed by atoms with Crippen molar-refractivity contribution in [2.75, 3.05) is 0 Å². The minimum Gasteiger partial charge on any atom is -0.351 e. The Hall–Kier alpha value is -2.60. The molecule has 5 nitrogen and oxygen atoms in total. The molecule has 5 rings (SSSR count). The number of amides is 2. The van der Waals surface area contributed by atoms with Crippen molar-refractivity contribution in [2.24, 2.45) is 5.92 Å². The van der Waals surface area contributed by atoms with E-state index >= 15 is 0 Å². The first-order valence-corrected chi connectivity index (χ1v) is 13.0. The number of rotatable bonds is 5. The number of fused-ring (bicyclic) bond motifs is 3. The van der Waals surface area contributed by atoms with Crippen LogP contribution in [-0.2, 0) is 17.9 Å². The number of carbonyl (C=O) groups is 2. The molecule has 2 amide bonds. The third-order valence-corrected chi connectivity index (χ3v) is 8.60. The molecule has 0 saturated heterocycles. The fourth-order valence-electron chi connectivity index (χ4n) is 5.61. The van der Waals surface area contributed by atoms with E-state index in [1.807, 2.05) is 18.4 Å². The van der Waals surface area contributed by atoms with Gasteiger partial charge in [0.2, 0.25) is 5.91 Å². The van der Waals surface area contributed by atoms with Gasteiger partial charge in [-0.2, -0.15) is 0 Å². The van der Waals surface area contributed by atoms with Crippen molar-refractivity contribution in [3.63, 3.8) is 0 Å². The van der Waals surface area contributed by atoms with Crippen molar-refractivity contribution in [3.8, 4) is 0 Å². The molecule has 1 fully saturated rings. The van der Waals surface area contributed by atoms with E-state index < -0.39 is 5.54 Å². The van der Waals surface area contributed by atoms with Gasteiger partial charge in [0.1, 0.15) is 11.2 Å². The highest BCUT2D eigenvalue weighted by Gasteiger charge is 2.48. The van der Waals surface area contributed by atoms with Crippen molar-refractivity contribution in [1.29, 1.82) is 0 Å². The van der Waals surface area contributed by atoms with Crippen LogP contribution in [0.25, 0.3) is 10.2 Å². The average molecular weight is 464 g/mol. The Labute approximate surface area is 199 Å². The van der Waals surface area contributed by atoms with E-state index in [4.69, 9.17) is 0 Å². The van der Waals surface area contributed by atoms with Crippen LogP contribution in [0.15, 0.2) is 41.8 Å². The quantitative estimate of drug-likeness (QED) is 0.542. The Morgan fingerprint density at radius 1 is 1.18 bits per heavy atom. The second-order valence-corrected chi connectivity index (χ2v) is 10.9. The Morgan fingerprint density at radius 3 is 2.70 bits per heavy atom. The number of nitrogens with one attached hydrogen (secondary N) is 1. The molecule has 3 atom stereocenters. The van der Waals surface area contributed by atoms with Crippen LogP contribution in [0.1, 0.15) is 67.6 Å². The van der Waals surface area contributed by atoms with Crippen LogP contribution in [0.2, 0.25) is 0 Å². The fourth-order valence-corrected chi connectivity index (χ4v) is 6.43. The van der Waals surface area contributed by atoms with Gasteiger partial charge in [-0.3, -0.25) is 9.59 Å². The minimum absolute atomic E-state index is 0.0314. The molecule has 1 saturated carbocycles. The van der Waals surface area contributed by atoms with Crippen LogP contribution in [0, 0.1) is 12.8 Å². The second-order valence-electron chi connectivity index (χ2n) is 9.97. The van der Waals surface area contributed by atoms with Gasteiger partial charge < -0.3 is 14.8 Å². The molecule has 174 valence electrons. The van der Waals surface area contributed by atoms with Crippen LogP contribution in [0.4, 0.5) is 0 Å². The van der Waals surface area contributed by atoms with Gasteiger partial charge in [0.25, 0.3) is 5.91 Å². The lowest BCUT2D eigenvalue weighted by molar-refractivity contribution is -0.134. The number of aromatic nitrogens is 1. The highest BCUT2D eigenvalue weighted by Crippen LogP contribution is 2.36. The fraction of sp³-hybridized carbons (Fsp3) is 0.481. The molecule has 0 spiro atoms. The molecule has 2 aromatic heterocycles. The third-order valence-electron chi connectivity index (χ3n) is 7.75. The van der Waals surface area contributed by atoms with E-state index in [-0.39, 0.29) is 17.9 Å². The largest absolute Gasteiger partial charge is 0.351 e. The van der Waals surface area contributed by atoms with Gasteiger partial charge in [-0.25, -0.2) is 0 Å².